The summed E-state index contributed by atoms with van der Waals surface area (Å²) in [6.07, 6.45) is 0.455. The van der Waals surface area contributed by atoms with Crippen LogP contribution < -0.4 is 5.32 Å². The van der Waals surface area contributed by atoms with Crippen molar-refractivity contribution in [3.8, 4) is 0 Å². The highest BCUT2D eigenvalue weighted by molar-refractivity contribution is 6.03. The first kappa shape index (κ1) is 14.3. The smallest absolute Gasteiger partial charge is 0.324 e. The van der Waals surface area contributed by atoms with Crippen molar-refractivity contribution in [2.45, 2.75) is 19.1 Å². The standard InChI is InChI=1S/C17H16N2O3/c20-16-15(11-13-7-3-1-4-8-13)18-17(21)19(16)22-12-14-9-5-2-6-10-14/h1-10,15H,11-12H2,(H,18,21). The first-order valence-corrected chi connectivity index (χ1v) is 7.09. The number of urea groups is 1. The Morgan fingerprint density at radius 2 is 1.50 bits per heavy atom. The molecule has 1 saturated heterocycles. The van der Waals surface area contributed by atoms with Crippen LogP contribution in [0.25, 0.3) is 0 Å². The van der Waals surface area contributed by atoms with E-state index in [1.165, 1.54) is 0 Å². The summed E-state index contributed by atoms with van der Waals surface area (Å²) in [6, 6.07) is 17.9. The number of hydrogen-bond donors (Lipinski definition) is 1. The molecule has 0 bridgehead atoms. The molecule has 2 aromatic rings. The summed E-state index contributed by atoms with van der Waals surface area (Å²) in [7, 11) is 0. The van der Waals surface area contributed by atoms with Crippen LogP contribution in [0.3, 0.4) is 0 Å². The van der Waals surface area contributed by atoms with Gasteiger partial charge >= 0.3 is 6.03 Å². The van der Waals surface area contributed by atoms with Gasteiger partial charge in [-0.05, 0) is 11.1 Å². The van der Waals surface area contributed by atoms with Crippen LogP contribution in [-0.2, 0) is 22.7 Å². The molecule has 1 aliphatic rings. The number of hydroxylamine groups is 2. The lowest BCUT2D eigenvalue weighted by atomic mass is 10.1. The van der Waals surface area contributed by atoms with E-state index in [1.54, 1.807) is 0 Å². The van der Waals surface area contributed by atoms with Crippen molar-refractivity contribution in [3.63, 3.8) is 0 Å². The fraction of sp³-hybridized carbons (Fsp3) is 0.176. The van der Waals surface area contributed by atoms with Crippen LogP contribution in [0.5, 0.6) is 0 Å². The summed E-state index contributed by atoms with van der Waals surface area (Å²) in [4.78, 5) is 29.5. The van der Waals surface area contributed by atoms with Crippen LogP contribution >= 0.6 is 0 Å². The van der Waals surface area contributed by atoms with Crippen molar-refractivity contribution in [2.75, 3.05) is 0 Å². The van der Waals surface area contributed by atoms with Crippen molar-refractivity contribution in [1.29, 1.82) is 0 Å². The summed E-state index contributed by atoms with van der Waals surface area (Å²) >= 11 is 0. The summed E-state index contributed by atoms with van der Waals surface area (Å²) in [5, 5.41) is 3.47. The van der Waals surface area contributed by atoms with Crippen molar-refractivity contribution < 1.29 is 14.4 Å². The van der Waals surface area contributed by atoms with Gasteiger partial charge in [-0.15, -0.1) is 5.06 Å². The third-order valence-corrected chi connectivity index (χ3v) is 3.47. The number of amides is 3. The number of rotatable bonds is 5. The molecule has 112 valence electrons. The highest BCUT2D eigenvalue weighted by Crippen LogP contribution is 2.14. The molecule has 0 aliphatic carbocycles. The van der Waals surface area contributed by atoms with Crippen molar-refractivity contribution in [1.82, 2.24) is 10.4 Å². The molecule has 0 saturated carbocycles. The van der Waals surface area contributed by atoms with Crippen LogP contribution in [-0.4, -0.2) is 23.0 Å². The molecule has 1 unspecified atom stereocenters. The van der Waals surface area contributed by atoms with E-state index in [1.807, 2.05) is 60.7 Å². The van der Waals surface area contributed by atoms with Gasteiger partial charge in [0.25, 0.3) is 5.91 Å². The fourth-order valence-corrected chi connectivity index (χ4v) is 2.33. The van der Waals surface area contributed by atoms with Gasteiger partial charge in [-0.2, -0.15) is 0 Å². The number of benzene rings is 2. The molecule has 0 aromatic heterocycles. The average Bonchev–Trinajstić information content (AvgIpc) is 2.81. The summed E-state index contributed by atoms with van der Waals surface area (Å²) in [5.74, 6) is -0.357. The van der Waals surface area contributed by atoms with Crippen LogP contribution in [0.4, 0.5) is 4.79 Å². The number of hydrogen-bond acceptors (Lipinski definition) is 3. The molecule has 1 aliphatic heterocycles. The number of nitrogens with one attached hydrogen (secondary N) is 1. The molecule has 3 rings (SSSR count). The number of carbonyl (C=O) groups excluding carboxylic acids is 2. The number of nitrogens with zero attached hydrogens (tertiary/aromatic N) is 1. The van der Waals surface area contributed by atoms with Crippen molar-refractivity contribution in [2.24, 2.45) is 0 Å². The second-order valence-electron chi connectivity index (χ2n) is 5.08. The lowest BCUT2D eigenvalue weighted by Gasteiger charge is -2.12. The highest BCUT2D eigenvalue weighted by atomic mass is 16.7. The monoisotopic (exact) mass is 296 g/mol. The van der Waals surface area contributed by atoms with E-state index in [2.05, 4.69) is 5.32 Å². The molecule has 5 heteroatoms. The molecule has 2 aromatic carbocycles. The Labute approximate surface area is 128 Å². The van der Waals surface area contributed by atoms with Gasteiger partial charge in [0.1, 0.15) is 12.6 Å². The third kappa shape index (κ3) is 3.15. The Bertz CT molecular complexity index is 658. The molecule has 0 radical (unpaired) electrons. The summed E-state index contributed by atoms with van der Waals surface area (Å²) < 4.78 is 0. The van der Waals surface area contributed by atoms with Crippen molar-refractivity contribution >= 4 is 11.9 Å². The highest BCUT2D eigenvalue weighted by Gasteiger charge is 2.39. The first-order valence-electron chi connectivity index (χ1n) is 7.09. The molecule has 0 spiro atoms. The Balaban J connectivity index is 1.62. The lowest BCUT2D eigenvalue weighted by Crippen LogP contribution is -2.32. The largest absolute Gasteiger partial charge is 0.349 e. The normalized spacial score (nSPS) is 17.6. The van der Waals surface area contributed by atoms with Crippen LogP contribution in [0.15, 0.2) is 60.7 Å². The molecule has 5 nitrogen and oxygen atoms in total. The quantitative estimate of drug-likeness (QED) is 0.861. The van der Waals surface area contributed by atoms with Gasteiger partial charge in [-0.25, -0.2) is 4.79 Å². The molecule has 22 heavy (non-hydrogen) atoms. The van der Waals surface area contributed by atoms with Gasteiger partial charge < -0.3 is 5.32 Å². The van der Waals surface area contributed by atoms with E-state index in [4.69, 9.17) is 4.84 Å². The zero-order valence-corrected chi connectivity index (χ0v) is 11.9. The summed E-state index contributed by atoms with van der Waals surface area (Å²) in [6.45, 7) is 0.179. The Hall–Kier alpha value is -2.66. The molecule has 1 fully saturated rings. The maximum Gasteiger partial charge on any atom is 0.349 e. The average molecular weight is 296 g/mol. The topological polar surface area (TPSA) is 58.6 Å². The molecular formula is C17H16N2O3. The van der Waals surface area contributed by atoms with Gasteiger partial charge in [0.05, 0.1) is 0 Å². The van der Waals surface area contributed by atoms with Crippen LogP contribution in [0.2, 0.25) is 0 Å². The molecule has 1 N–H and O–H groups in total. The maximum atomic E-state index is 12.3. The minimum absolute atomic E-state index is 0.179. The molecule has 1 heterocycles. The Kier molecular flexibility index (Phi) is 4.16. The second kappa shape index (κ2) is 6.41. The predicted octanol–water partition coefficient (Wildman–Crippen LogP) is 2.28. The summed E-state index contributed by atoms with van der Waals surface area (Å²) in [5.41, 5.74) is 1.89. The van der Waals surface area contributed by atoms with Crippen LogP contribution in [0, 0.1) is 0 Å². The minimum atomic E-state index is -0.578. The van der Waals surface area contributed by atoms with E-state index >= 15 is 0 Å². The molecule has 3 amide bonds. The SMILES string of the molecule is O=C1NC(Cc2ccccc2)C(=O)N1OCc1ccccc1. The predicted molar refractivity (Wildman–Crippen MR) is 80.5 cm³/mol. The Morgan fingerprint density at radius 3 is 2.14 bits per heavy atom. The first-order chi connectivity index (χ1) is 10.7. The van der Waals surface area contributed by atoms with Crippen LogP contribution in [0.1, 0.15) is 11.1 Å². The van der Waals surface area contributed by atoms with E-state index in [0.29, 0.717) is 6.42 Å². The van der Waals surface area contributed by atoms with Gasteiger partial charge in [0.2, 0.25) is 0 Å². The van der Waals surface area contributed by atoms with E-state index in [-0.39, 0.29) is 12.5 Å². The molecular weight excluding hydrogens is 280 g/mol. The van der Waals surface area contributed by atoms with Gasteiger partial charge in [0, 0.05) is 6.42 Å². The Morgan fingerprint density at radius 1 is 0.909 bits per heavy atom. The number of imide groups is 1. The maximum absolute atomic E-state index is 12.3. The zero-order chi connectivity index (χ0) is 15.4. The van der Waals surface area contributed by atoms with E-state index in [0.717, 1.165) is 16.2 Å². The third-order valence-electron chi connectivity index (χ3n) is 3.47. The second-order valence-corrected chi connectivity index (χ2v) is 5.08. The van der Waals surface area contributed by atoms with Gasteiger partial charge in [0.15, 0.2) is 0 Å². The van der Waals surface area contributed by atoms with Crippen molar-refractivity contribution in [3.05, 3.63) is 71.8 Å². The minimum Gasteiger partial charge on any atom is -0.324 e. The van der Waals surface area contributed by atoms with E-state index < -0.39 is 12.1 Å². The lowest BCUT2D eigenvalue weighted by molar-refractivity contribution is -0.167. The molecule has 1 atom stereocenters. The van der Waals surface area contributed by atoms with Gasteiger partial charge in [-0.3, -0.25) is 9.63 Å². The zero-order valence-electron chi connectivity index (χ0n) is 11.9. The number of carbonyl (C=O) groups is 2. The van der Waals surface area contributed by atoms with Gasteiger partial charge in [-0.1, -0.05) is 60.7 Å². The van der Waals surface area contributed by atoms with E-state index in [9.17, 15) is 9.59 Å². The fourth-order valence-electron chi connectivity index (χ4n) is 2.33.